The van der Waals surface area contributed by atoms with E-state index in [1.54, 1.807) is 6.07 Å². The van der Waals surface area contributed by atoms with Crippen LogP contribution in [-0.4, -0.2) is 31.8 Å². The fourth-order valence-electron chi connectivity index (χ4n) is 2.43. The second-order valence-corrected chi connectivity index (χ2v) is 5.50. The molecule has 0 radical (unpaired) electrons. The molecule has 5 heteroatoms. The number of nitrogens with one attached hydrogen (secondary N) is 1. The van der Waals surface area contributed by atoms with Crippen LogP contribution in [0.3, 0.4) is 0 Å². The van der Waals surface area contributed by atoms with Crippen molar-refractivity contribution in [3.8, 4) is 17.2 Å². The minimum absolute atomic E-state index is 0.200. The van der Waals surface area contributed by atoms with Crippen LogP contribution in [0, 0.1) is 0 Å². The molecule has 1 amide bonds. The molecule has 1 heterocycles. The summed E-state index contributed by atoms with van der Waals surface area (Å²) in [5, 5.41) is 2.81. The summed E-state index contributed by atoms with van der Waals surface area (Å²) in [4.78, 5) is 12.1. The standard InChI is InChI=1S/C19H21NO4/c1-2-14-7-9-15(10-8-14)22-12-11-20-19(21)18-13-23-16-5-3-4-6-17(16)24-18/h3-10,18H,2,11-13H2,1H3,(H,20,21). The highest BCUT2D eigenvalue weighted by atomic mass is 16.6. The van der Waals surface area contributed by atoms with E-state index < -0.39 is 6.10 Å². The van der Waals surface area contributed by atoms with Gasteiger partial charge in [0.05, 0.1) is 6.54 Å². The van der Waals surface area contributed by atoms with Crippen molar-refractivity contribution < 1.29 is 19.0 Å². The van der Waals surface area contributed by atoms with Crippen LogP contribution < -0.4 is 19.5 Å². The number of amides is 1. The largest absolute Gasteiger partial charge is 0.492 e. The number of para-hydroxylation sites is 2. The number of carbonyl (C=O) groups excluding carboxylic acids is 1. The second kappa shape index (κ2) is 7.73. The van der Waals surface area contributed by atoms with Gasteiger partial charge in [0.1, 0.15) is 19.0 Å². The molecule has 0 fully saturated rings. The highest BCUT2D eigenvalue weighted by molar-refractivity contribution is 5.81. The normalized spacial score (nSPS) is 15.6. The summed E-state index contributed by atoms with van der Waals surface area (Å²) < 4.78 is 16.8. The Hall–Kier alpha value is -2.69. The van der Waals surface area contributed by atoms with Crippen molar-refractivity contribution in [2.45, 2.75) is 19.4 Å². The Morgan fingerprint density at radius 1 is 1.17 bits per heavy atom. The molecule has 0 spiro atoms. The van der Waals surface area contributed by atoms with E-state index in [-0.39, 0.29) is 12.5 Å². The van der Waals surface area contributed by atoms with Gasteiger partial charge in [-0.3, -0.25) is 4.79 Å². The van der Waals surface area contributed by atoms with Crippen LogP contribution in [0.5, 0.6) is 17.2 Å². The third-order valence-electron chi connectivity index (χ3n) is 3.80. The molecule has 0 saturated heterocycles. The minimum atomic E-state index is -0.635. The number of aryl methyl sites for hydroxylation is 1. The van der Waals surface area contributed by atoms with Crippen molar-refractivity contribution in [3.63, 3.8) is 0 Å². The maximum atomic E-state index is 12.1. The lowest BCUT2D eigenvalue weighted by molar-refractivity contribution is -0.130. The summed E-state index contributed by atoms with van der Waals surface area (Å²) in [6.07, 6.45) is 0.367. The zero-order valence-corrected chi connectivity index (χ0v) is 13.7. The van der Waals surface area contributed by atoms with Crippen molar-refractivity contribution in [2.75, 3.05) is 19.8 Å². The van der Waals surface area contributed by atoms with Crippen LogP contribution in [0.25, 0.3) is 0 Å². The predicted octanol–water partition coefficient (Wildman–Crippen LogP) is 2.58. The summed E-state index contributed by atoms with van der Waals surface area (Å²) in [5.74, 6) is 1.86. The quantitative estimate of drug-likeness (QED) is 0.829. The molecule has 2 aromatic carbocycles. The van der Waals surface area contributed by atoms with Gasteiger partial charge in [-0.05, 0) is 36.2 Å². The van der Waals surface area contributed by atoms with Gasteiger partial charge in [-0.1, -0.05) is 31.2 Å². The Balaban J connectivity index is 1.41. The number of fused-ring (bicyclic) bond motifs is 1. The summed E-state index contributed by atoms with van der Waals surface area (Å²) in [6, 6.07) is 15.3. The molecule has 1 N–H and O–H groups in total. The van der Waals surface area contributed by atoms with Crippen LogP contribution in [-0.2, 0) is 11.2 Å². The van der Waals surface area contributed by atoms with Gasteiger partial charge in [0.15, 0.2) is 11.5 Å². The molecule has 0 aromatic heterocycles. The van der Waals surface area contributed by atoms with E-state index >= 15 is 0 Å². The van der Waals surface area contributed by atoms with Gasteiger partial charge in [0.2, 0.25) is 6.10 Å². The topological polar surface area (TPSA) is 56.8 Å². The van der Waals surface area contributed by atoms with Gasteiger partial charge in [-0.15, -0.1) is 0 Å². The van der Waals surface area contributed by atoms with Crippen LogP contribution >= 0.6 is 0 Å². The van der Waals surface area contributed by atoms with E-state index in [2.05, 4.69) is 12.2 Å². The lowest BCUT2D eigenvalue weighted by Crippen LogP contribution is -2.45. The molecule has 0 aliphatic carbocycles. The van der Waals surface area contributed by atoms with E-state index in [9.17, 15) is 4.79 Å². The molecular formula is C19H21NO4. The molecular weight excluding hydrogens is 306 g/mol. The smallest absolute Gasteiger partial charge is 0.264 e. The van der Waals surface area contributed by atoms with E-state index in [0.717, 1.165) is 12.2 Å². The van der Waals surface area contributed by atoms with E-state index in [1.807, 2.05) is 42.5 Å². The van der Waals surface area contributed by atoms with Gasteiger partial charge >= 0.3 is 0 Å². The van der Waals surface area contributed by atoms with Gasteiger partial charge in [-0.2, -0.15) is 0 Å². The average molecular weight is 327 g/mol. The van der Waals surface area contributed by atoms with Gasteiger partial charge in [-0.25, -0.2) is 0 Å². The molecule has 2 aromatic rings. The summed E-state index contributed by atoms with van der Waals surface area (Å²) in [6.45, 7) is 3.14. The molecule has 1 aliphatic heterocycles. The monoisotopic (exact) mass is 327 g/mol. The SMILES string of the molecule is CCc1ccc(OCCNC(=O)C2COc3ccccc3O2)cc1. The first kappa shape index (κ1) is 16.2. The van der Waals surface area contributed by atoms with Crippen LogP contribution in [0.1, 0.15) is 12.5 Å². The minimum Gasteiger partial charge on any atom is -0.492 e. The first-order chi connectivity index (χ1) is 11.8. The van der Waals surface area contributed by atoms with Crippen LogP contribution in [0.2, 0.25) is 0 Å². The third kappa shape index (κ3) is 3.98. The molecule has 1 atom stereocenters. The number of carbonyl (C=O) groups is 1. The predicted molar refractivity (Wildman–Crippen MR) is 90.7 cm³/mol. The summed E-state index contributed by atoms with van der Waals surface area (Å²) in [5.41, 5.74) is 1.27. The van der Waals surface area contributed by atoms with Gasteiger partial charge in [0.25, 0.3) is 5.91 Å². The van der Waals surface area contributed by atoms with Crippen molar-refractivity contribution >= 4 is 5.91 Å². The van der Waals surface area contributed by atoms with E-state index in [1.165, 1.54) is 5.56 Å². The van der Waals surface area contributed by atoms with Crippen molar-refractivity contribution in [2.24, 2.45) is 0 Å². The Kier molecular flexibility index (Phi) is 5.21. The molecule has 0 saturated carbocycles. The summed E-state index contributed by atoms with van der Waals surface area (Å²) in [7, 11) is 0. The molecule has 3 rings (SSSR count). The highest BCUT2D eigenvalue weighted by Crippen LogP contribution is 2.30. The lowest BCUT2D eigenvalue weighted by atomic mass is 10.2. The average Bonchev–Trinajstić information content (AvgIpc) is 2.65. The molecule has 0 bridgehead atoms. The van der Waals surface area contributed by atoms with E-state index in [4.69, 9.17) is 14.2 Å². The second-order valence-electron chi connectivity index (χ2n) is 5.50. The van der Waals surface area contributed by atoms with Crippen LogP contribution in [0.15, 0.2) is 48.5 Å². The Morgan fingerprint density at radius 2 is 1.92 bits per heavy atom. The molecule has 1 unspecified atom stereocenters. The van der Waals surface area contributed by atoms with Crippen LogP contribution in [0.4, 0.5) is 0 Å². The number of benzene rings is 2. The summed E-state index contributed by atoms with van der Waals surface area (Å²) >= 11 is 0. The van der Waals surface area contributed by atoms with Gasteiger partial charge in [0, 0.05) is 0 Å². The Bertz CT molecular complexity index is 684. The number of rotatable bonds is 6. The van der Waals surface area contributed by atoms with E-state index in [0.29, 0.717) is 24.7 Å². The first-order valence-electron chi connectivity index (χ1n) is 8.14. The van der Waals surface area contributed by atoms with Crippen molar-refractivity contribution in [3.05, 3.63) is 54.1 Å². The Labute approximate surface area is 141 Å². The molecule has 24 heavy (non-hydrogen) atoms. The fraction of sp³-hybridized carbons (Fsp3) is 0.316. The number of hydrogen-bond donors (Lipinski definition) is 1. The Morgan fingerprint density at radius 3 is 2.67 bits per heavy atom. The molecule has 1 aliphatic rings. The van der Waals surface area contributed by atoms with Crippen molar-refractivity contribution in [1.29, 1.82) is 0 Å². The third-order valence-corrected chi connectivity index (χ3v) is 3.80. The maximum Gasteiger partial charge on any atom is 0.264 e. The number of hydrogen-bond acceptors (Lipinski definition) is 4. The fourth-order valence-corrected chi connectivity index (χ4v) is 2.43. The molecule has 126 valence electrons. The highest BCUT2D eigenvalue weighted by Gasteiger charge is 2.26. The van der Waals surface area contributed by atoms with Gasteiger partial charge < -0.3 is 19.5 Å². The lowest BCUT2D eigenvalue weighted by Gasteiger charge is -2.25. The zero-order chi connectivity index (χ0) is 16.8. The maximum absolute atomic E-state index is 12.1. The molecule has 5 nitrogen and oxygen atoms in total. The van der Waals surface area contributed by atoms with Crippen molar-refractivity contribution in [1.82, 2.24) is 5.32 Å². The zero-order valence-electron chi connectivity index (χ0n) is 13.7. The number of ether oxygens (including phenoxy) is 3. The first-order valence-corrected chi connectivity index (χ1v) is 8.14.